The van der Waals surface area contributed by atoms with Crippen LogP contribution in [0.2, 0.25) is 0 Å². The number of ether oxygens (including phenoxy) is 1. The molecule has 0 radical (unpaired) electrons. The minimum Gasteiger partial charge on any atom is -0.494 e. The number of nitrogens with one attached hydrogen (secondary N) is 1. The zero-order valence-corrected chi connectivity index (χ0v) is 15.6. The summed E-state index contributed by atoms with van der Waals surface area (Å²) in [6.45, 7) is 10.5. The van der Waals surface area contributed by atoms with E-state index in [-0.39, 0.29) is 0 Å². The zero-order chi connectivity index (χ0) is 17.8. The van der Waals surface area contributed by atoms with Gasteiger partial charge < -0.3 is 14.5 Å². The number of piperazine rings is 1. The summed E-state index contributed by atoms with van der Waals surface area (Å²) in [5.74, 6) is 2.88. The minimum atomic E-state index is 0.689. The van der Waals surface area contributed by atoms with Gasteiger partial charge in [-0.05, 0) is 56.3 Å². The van der Waals surface area contributed by atoms with Crippen molar-refractivity contribution >= 4 is 0 Å². The topological polar surface area (TPSA) is 40.9 Å². The summed E-state index contributed by atoms with van der Waals surface area (Å²) < 4.78 is 11.6. The van der Waals surface area contributed by atoms with Crippen LogP contribution in [0.3, 0.4) is 0 Å². The maximum absolute atomic E-state index is 6.09. The fraction of sp³-hybridized carbons (Fsp3) is 0.524. The molecule has 3 heterocycles. The summed E-state index contributed by atoms with van der Waals surface area (Å²) in [7, 11) is 0. The lowest BCUT2D eigenvalue weighted by atomic mass is 10.2. The smallest absolute Gasteiger partial charge is 0.134 e. The largest absolute Gasteiger partial charge is 0.494 e. The maximum Gasteiger partial charge on any atom is 0.134 e. The monoisotopic (exact) mass is 355 g/mol. The molecule has 0 spiro atoms. The van der Waals surface area contributed by atoms with Crippen LogP contribution in [-0.4, -0.2) is 61.7 Å². The van der Waals surface area contributed by atoms with E-state index in [1.54, 1.807) is 0 Å². The summed E-state index contributed by atoms with van der Waals surface area (Å²) in [5, 5.41) is 3.47. The van der Waals surface area contributed by atoms with Crippen LogP contribution >= 0.6 is 0 Å². The zero-order valence-electron chi connectivity index (χ0n) is 15.6. The summed E-state index contributed by atoms with van der Waals surface area (Å²) in [5.41, 5.74) is 1.10. The van der Waals surface area contributed by atoms with Crippen LogP contribution in [-0.2, 0) is 6.54 Å². The maximum atomic E-state index is 6.09. The molecule has 5 nitrogen and oxygen atoms in total. The predicted octanol–water partition coefficient (Wildman–Crippen LogP) is 2.82. The highest BCUT2D eigenvalue weighted by Crippen LogP contribution is 2.25. The van der Waals surface area contributed by atoms with Gasteiger partial charge in [0, 0.05) is 44.3 Å². The molecule has 1 N–H and O–H groups in total. The molecule has 2 fully saturated rings. The van der Waals surface area contributed by atoms with Crippen LogP contribution in [0.15, 0.2) is 40.8 Å². The van der Waals surface area contributed by atoms with Gasteiger partial charge in [0.2, 0.25) is 0 Å². The van der Waals surface area contributed by atoms with Crippen LogP contribution in [0.25, 0.3) is 11.3 Å². The Hall–Kier alpha value is -1.82. The molecule has 0 amide bonds. The number of hydrogen-bond donors (Lipinski definition) is 1. The Kier molecular flexibility index (Phi) is 5.58. The number of rotatable bonds is 6. The van der Waals surface area contributed by atoms with Crippen LogP contribution in [0.5, 0.6) is 5.75 Å². The lowest BCUT2D eigenvalue weighted by molar-refractivity contribution is 0.0938. The van der Waals surface area contributed by atoms with Crippen molar-refractivity contribution in [3.8, 4) is 17.1 Å². The first-order chi connectivity index (χ1) is 12.8. The molecule has 0 unspecified atom stereocenters. The van der Waals surface area contributed by atoms with Crippen molar-refractivity contribution in [1.82, 2.24) is 15.1 Å². The van der Waals surface area contributed by atoms with Crippen molar-refractivity contribution < 1.29 is 9.15 Å². The number of benzene rings is 1. The molecule has 2 aliphatic heterocycles. The Bertz CT molecular complexity index is 684. The van der Waals surface area contributed by atoms with E-state index in [0.29, 0.717) is 6.61 Å². The van der Waals surface area contributed by atoms with Crippen LogP contribution in [0.1, 0.15) is 19.1 Å². The molecule has 140 valence electrons. The second-order valence-corrected chi connectivity index (χ2v) is 7.18. The first-order valence-corrected chi connectivity index (χ1v) is 9.81. The van der Waals surface area contributed by atoms with E-state index in [2.05, 4.69) is 39.4 Å². The third-order valence-corrected chi connectivity index (χ3v) is 5.45. The van der Waals surface area contributed by atoms with Gasteiger partial charge in [0.05, 0.1) is 13.2 Å². The Labute approximate surface area is 155 Å². The van der Waals surface area contributed by atoms with Crippen LogP contribution < -0.4 is 10.1 Å². The third-order valence-electron chi connectivity index (χ3n) is 5.45. The SMILES string of the molecule is CCOc1ccc(-c2ccc(CN3CCN([C@@H]4CCNC4)CC3)o2)cc1. The molecule has 2 aromatic rings. The number of nitrogens with zero attached hydrogens (tertiary/aromatic N) is 2. The van der Waals surface area contributed by atoms with E-state index in [4.69, 9.17) is 9.15 Å². The van der Waals surface area contributed by atoms with E-state index in [0.717, 1.165) is 55.1 Å². The highest BCUT2D eigenvalue weighted by atomic mass is 16.5. The average Bonchev–Trinajstić information content (AvgIpc) is 3.36. The Balaban J connectivity index is 1.31. The molecule has 5 heteroatoms. The van der Waals surface area contributed by atoms with Gasteiger partial charge >= 0.3 is 0 Å². The highest BCUT2D eigenvalue weighted by Gasteiger charge is 2.26. The number of furan rings is 1. The van der Waals surface area contributed by atoms with E-state index < -0.39 is 0 Å². The lowest BCUT2D eigenvalue weighted by Crippen LogP contribution is -2.50. The van der Waals surface area contributed by atoms with Crippen molar-refractivity contribution in [3.63, 3.8) is 0 Å². The van der Waals surface area contributed by atoms with Gasteiger partial charge in [-0.25, -0.2) is 0 Å². The fourth-order valence-electron chi connectivity index (χ4n) is 3.96. The van der Waals surface area contributed by atoms with Crippen LogP contribution in [0, 0.1) is 0 Å². The fourth-order valence-corrected chi connectivity index (χ4v) is 3.96. The van der Waals surface area contributed by atoms with Gasteiger partial charge in [-0.1, -0.05) is 0 Å². The minimum absolute atomic E-state index is 0.689. The third kappa shape index (κ3) is 4.11. The highest BCUT2D eigenvalue weighted by molar-refractivity contribution is 5.58. The Morgan fingerprint density at radius 2 is 1.88 bits per heavy atom. The molecule has 0 aliphatic carbocycles. The first kappa shape index (κ1) is 17.6. The molecule has 26 heavy (non-hydrogen) atoms. The molecular weight excluding hydrogens is 326 g/mol. The van der Waals surface area contributed by atoms with E-state index in [1.165, 1.54) is 26.1 Å². The van der Waals surface area contributed by atoms with E-state index >= 15 is 0 Å². The van der Waals surface area contributed by atoms with Crippen molar-refractivity contribution in [3.05, 3.63) is 42.2 Å². The van der Waals surface area contributed by atoms with E-state index in [9.17, 15) is 0 Å². The van der Waals surface area contributed by atoms with Gasteiger partial charge in [-0.15, -0.1) is 0 Å². The lowest BCUT2D eigenvalue weighted by Gasteiger charge is -2.37. The second-order valence-electron chi connectivity index (χ2n) is 7.18. The summed E-state index contributed by atoms with van der Waals surface area (Å²) >= 11 is 0. The average molecular weight is 355 g/mol. The first-order valence-electron chi connectivity index (χ1n) is 9.81. The quantitative estimate of drug-likeness (QED) is 0.863. The normalized spacial score (nSPS) is 22.0. The molecule has 2 aliphatic rings. The number of hydrogen-bond acceptors (Lipinski definition) is 5. The molecule has 1 aromatic carbocycles. The van der Waals surface area contributed by atoms with Crippen LogP contribution in [0.4, 0.5) is 0 Å². The van der Waals surface area contributed by atoms with E-state index in [1.807, 2.05) is 19.1 Å². The van der Waals surface area contributed by atoms with Gasteiger partial charge in [0.15, 0.2) is 0 Å². The van der Waals surface area contributed by atoms with Gasteiger partial charge in [0.25, 0.3) is 0 Å². The molecule has 0 saturated carbocycles. The summed E-state index contributed by atoms with van der Waals surface area (Å²) in [6.07, 6.45) is 1.30. The summed E-state index contributed by atoms with van der Waals surface area (Å²) in [6, 6.07) is 13.0. The predicted molar refractivity (Wildman–Crippen MR) is 103 cm³/mol. The van der Waals surface area contributed by atoms with Gasteiger partial charge in [-0.2, -0.15) is 0 Å². The molecular formula is C21H29N3O2. The molecule has 1 atom stereocenters. The molecule has 4 rings (SSSR count). The molecule has 0 bridgehead atoms. The van der Waals surface area contributed by atoms with Gasteiger partial charge in [0.1, 0.15) is 17.3 Å². The second kappa shape index (κ2) is 8.25. The van der Waals surface area contributed by atoms with Crippen molar-refractivity contribution in [2.75, 3.05) is 45.9 Å². The van der Waals surface area contributed by atoms with Crippen molar-refractivity contribution in [2.45, 2.75) is 25.9 Å². The summed E-state index contributed by atoms with van der Waals surface area (Å²) in [4.78, 5) is 5.14. The van der Waals surface area contributed by atoms with Crippen molar-refractivity contribution in [1.29, 1.82) is 0 Å². The standard InChI is InChI=1S/C21H29N3O2/c1-2-25-19-5-3-17(4-6-19)21-8-7-20(26-21)16-23-11-13-24(14-12-23)18-9-10-22-15-18/h3-8,18,22H,2,9-16H2,1H3/t18-/m1/s1. The van der Waals surface area contributed by atoms with Gasteiger partial charge in [-0.3, -0.25) is 9.80 Å². The molecule has 2 saturated heterocycles. The van der Waals surface area contributed by atoms with Crippen molar-refractivity contribution in [2.24, 2.45) is 0 Å². The Morgan fingerprint density at radius 3 is 2.58 bits per heavy atom. The molecule has 1 aromatic heterocycles. The Morgan fingerprint density at radius 1 is 1.08 bits per heavy atom.